The second-order valence-corrected chi connectivity index (χ2v) is 7.37. The zero-order chi connectivity index (χ0) is 21.6. The lowest BCUT2D eigenvalue weighted by Gasteiger charge is -2.21. The SMILES string of the molecule is COc1ccc(OC)c(CC2=NCCc3cc(OC)c(OCc4ccccc4)cc32)c1. The summed E-state index contributed by atoms with van der Waals surface area (Å²) in [6.07, 6.45) is 1.53. The predicted molar refractivity (Wildman–Crippen MR) is 122 cm³/mol. The molecule has 0 bridgehead atoms. The summed E-state index contributed by atoms with van der Waals surface area (Å²) >= 11 is 0. The van der Waals surface area contributed by atoms with E-state index in [9.17, 15) is 0 Å². The number of fused-ring (bicyclic) bond motifs is 1. The highest BCUT2D eigenvalue weighted by molar-refractivity contribution is 6.04. The molecule has 0 spiro atoms. The third-order valence-corrected chi connectivity index (χ3v) is 5.47. The van der Waals surface area contributed by atoms with Crippen LogP contribution in [0.25, 0.3) is 0 Å². The second kappa shape index (κ2) is 9.56. The van der Waals surface area contributed by atoms with Crippen molar-refractivity contribution >= 4 is 5.71 Å². The fourth-order valence-electron chi connectivity index (χ4n) is 3.83. The van der Waals surface area contributed by atoms with Gasteiger partial charge in [-0.1, -0.05) is 30.3 Å². The first kappa shape index (κ1) is 20.8. The highest BCUT2D eigenvalue weighted by Crippen LogP contribution is 2.35. The monoisotopic (exact) mass is 417 g/mol. The lowest BCUT2D eigenvalue weighted by molar-refractivity contribution is 0.284. The van der Waals surface area contributed by atoms with Gasteiger partial charge in [0.2, 0.25) is 0 Å². The van der Waals surface area contributed by atoms with Crippen LogP contribution in [-0.2, 0) is 19.4 Å². The number of nitrogens with zero attached hydrogens (tertiary/aromatic N) is 1. The number of hydrogen-bond acceptors (Lipinski definition) is 5. The van der Waals surface area contributed by atoms with Crippen molar-refractivity contribution in [3.63, 3.8) is 0 Å². The van der Waals surface area contributed by atoms with Crippen LogP contribution in [0.5, 0.6) is 23.0 Å². The van der Waals surface area contributed by atoms with Crippen molar-refractivity contribution < 1.29 is 18.9 Å². The molecule has 3 aromatic rings. The lowest BCUT2D eigenvalue weighted by atomic mass is 9.92. The minimum Gasteiger partial charge on any atom is -0.497 e. The van der Waals surface area contributed by atoms with Crippen molar-refractivity contribution in [2.24, 2.45) is 4.99 Å². The average Bonchev–Trinajstić information content (AvgIpc) is 2.83. The van der Waals surface area contributed by atoms with E-state index in [0.717, 1.165) is 58.4 Å². The molecule has 0 saturated heterocycles. The van der Waals surface area contributed by atoms with Crippen molar-refractivity contribution in [2.75, 3.05) is 27.9 Å². The number of methoxy groups -OCH3 is 3. The maximum atomic E-state index is 6.14. The normalized spacial score (nSPS) is 12.5. The summed E-state index contributed by atoms with van der Waals surface area (Å²) in [6.45, 7) is 1.23. The van der Waals surface area contributed by atoms with Gasteiger partial charge < -0.3 is 18.9 Å². The molecule has 0 radical (unpaired) electrons. The molecule has 31 heavy (non-hydrogen) atoms. The third kappa shape index (κ3) is 4.66. The van der Waals surface area contributed by atoms with E-state index in [1.165, 1.54) is 5.56 Å². The molecule has 0 N–H and O–H groups in total. The number of aliphatic imine (C=N–C) groups is 1. The summed E-state index contributed by atoms with van der Waals surface area (Å²) in [5, 5.41) is 0. The van der Waals surface area contributed by atoms with E-state index in [0.29, 0.717) is 13.0 Å². The molecule has 1 heterocycles. The zero-order valence-corrected chi connectivity index (χ0v) is 18.2. The minimum absolute atomic E-state index is 0.478. The molecule has 5 heteroatoms. The Bertz CT molecular complexity index is 1080. The molecule has 0 atom stereocenters. The largest absolute Gasteiger partial charge is 0.497 e. The summed E-state index contributed by atoms with van der Waals surface area (Å²) in [5.41, 5.74) is 5.48. The van der Waals surface area contributed by atoms with Crippen molar-refractivity contribution in [1.82, 2.24) is 0 Å². The number of rotatable bonds is 8. The number of benzene rings is 3. The summed E-state index contributed by atoms with van der Waals surface area (Å²) in [4.78, 5) is 4.84. The van der Waals surface area contributed by atoms with E-state index in [1.807, 2.05) is 48.5 Å². The number of ether oxygens (including phenoxy) is 4. The molecular formula is C26H27NO4. The van der Waals surface area contributed by atoms with Crippen LogP contribution >= 0.6 is 0 Å². The van der Waals surface area contributed by atoms with Crippen LogP contribution in [0.3, 0.4) is 0 Å². The smallest absolute Gasteiger partial charge is 0.162 e. The van der Waals surface area contributed by atoms with E-state index in [4.69, 9.17) is 23.9 Å². The molecule has 0 aromatic heterocycles. The predicted octanol–water partition coefficient (Wildman–Crippen LogP) is 4.88. The summed E-state index contributed by atoms with van der Waals surface area (Å²) < 4.78 is 22.7. The first-order chi connectivity index (χ1) is 15.2. The van der Waals surface area contributed by atoms with Gasteiger partial charge in [-0.3, -0.25) is 4.99 Å². The Kier molecular flexibility index (Phi) is 6.41. The van der Waals surface area contributed by atoms with Crippen LogP contribution in [0.4, 0.5) is 0 Å². The Morgan fingerprint density at radius 2 is 1.61 bits per heavy atom. The van der Waals surface area contributed by atoms with Gasteiger partial charge in [0.15, 0.2) is 11.5 Å². The van der Waals surface area contributed by atoms with Gasteiger partial charge in [-0.15, -0.1) is 0 Å². The van der Waals surface area contributed by atoms with Gasteiger partial charge in [0, 0.05) is 29.8 Å². The Morgan fingerprint density at radius 3 is 2.35 bits per heavy atom. The minimum atomic E-state index is 0.478. The summed E-state index contributed by atoms with van der Waals surface area (Å²) in [6, 6.07) is 20.1. The molecule has 0 saturated carbocycles. The molecule has 0 aliphatic carbocycles. The first-order valence-electron chi connectivity index (χ1n) is 10.3. The summed E-state index contributed by atoms with van der Waals surface area (Å²) in [5.74, 6) is 3.09. The molecular weight excluding hydrogens is 390 g/mol. The van der Waals surface area contributed by atoms with Crippen LogP contribution in [0.2, 0.25) is 0 Å². The Labute approximate surface area is 183 Å². The van der Waals surface area contributed by atoms with Crippen molar-refractivity contribution in [3.05, 3.63) is 82.9 Å². The van der Waals surface area contributed by atoms with Crippen molar-refractivity contribution in [1.29, 1.82) is 0 Å². The molecule has 5 nitrogen and oxygen atoms in total. The van der Waals surface area contributed by atoms with Gasteiger partial charge in [0.1, 0.15) is 18.1 Å². The highest BCUT2D eigenvalue weighted by atomic mass is 16.5. The third-order valence-electron chi connectivity index (χ3n) is 5.47. The lowest BCUT2D eigenvalue weighted by Crippen LogP contribution is -2.16. The molecule has 1 aliphatic heterocycles. The van der Waals surface area contributed by atoms with Crippen molar-refractivity contribution in [3.8, 4) is 23.0 Å². The van der Waals surface area contributed by atoms with Gasteiger partial charge in [0.05, 0.1) is 21.3 Å². The summed E-state index contributed by atoms with van der Waals surface area (Å²) in [7, 11) is 5.03. The van der Waals surface area contributed by atoms with E-state index in [1.54, 1.807) is 21.3 Å². The van der Waals surface area contributed by atoms with Gasteiger partial charge in [-0.25, -0.2) is 0 Å². The fraction of sp³-hybridized carbons (Fsp3) is 0.269. The molecule has 0 unspecified atom stereocenters. The van der Waals surface area contributed by atoms with Crippen LogP contribution in [-0.4, -0.2) is 33.6 Å². The maximum Gasteiger partial charge on any atom is 0.162 e. The van der Waals surface area contributed by atoms with Gasteiger partial charge >= 0.3 is 0 Å². The molecule has 4 rings (SSSR count). The van der Waals surface area contributed by atoms with Gasteiger partial charge in [-0.2, -0.15) is 0 Å². The van der Waals surface area contributed by atoms with Crippen LogP contribution < -0.4 is 18.9 Å². The maximum absolute atomic E-state index is 6.14. The van der Waals surface area contributed by atoms with Crippen LogP contribution in [0.15, 0.2) is 65.7 Å². The quantitative estimate of drug-likeness (QED) is 0.524. The average molecular weight is 418 g/mol. The Balaban J connectivity index is 1.64. The van der Waals surface area contributed by atoms with Crippen molar-refractivity contribution in [2.45, 2.75) is 19.4 Å². The molecule has 0 fully saturated rings. The van der Waals surface area contributed by atoms with Crippen LogP contribution in [0.1, 0.15) is 22.3 Å². The zero-order valence-electron chi connectivity index (χ0n) is 18.2. The van der Waals surface area contributed by atoms with E-state index in [-0.39, 0.29) is 0 Å². The number of hydrogen-bond donors (Lipinski definition) is 0. The van der Waals surface area contributed by atoms with E-state index >= 15 is 0 Å². The Morgan fingerprint density at radius 1 is 0.806 bits per heavy atom. The first-order valence-corrected chi connectivity index (χ1v) is 10.3. The van der Waals surface area contributed by atoms with E-state index in [2.05, 4.69) is 12.1 Å². The van der Waals surface area contributed by atoms with Crippen LogP contribution in [0, 0.1) is 0 Å². The van der Waals surface area contributed by atoms with Gasteiger partial charge in [-0.05, 0) is 47.9 Å². The molecule has 0 amide bonds. The highest BCUT2D eigenvalue weighted by Gasteiger charge is 2.20. The fourth-order valence-corrected chi connectivity index (χ4v) is 3.83. The second-order valence-electron chi connectivity index (χ2n) is 7.37. The molecule has 3 aromatic carbocycles. The van der Waals surface area contributed by atoms with Gasteiger partial charge in [0.25, 0.3) is 0 Å². The molecule has 160 valence electrons. The topological polar surface area (TPSA) is 49.3 Å². The van der Waals surface area contributed by atoms with E-state index < -0.39 is 0 Å². The molecule has 1 aliphatic rings. The Hall–Kier alpha value is -3.47. The standard InChI is InChI=1S/C26H27NO4/c1-28-21-9-10-24(29-2)20(13-21)14-23-22-16-26(31-17-18-7-5-4-6-8-18)25(30-3)15-19(22)11-12-27-23/h4-10,13,15-16H,11-12,14,17H2,1-3H3.